The van der Waals surface area contributed by atoms with Gasteiger partial charge in [0.05, 0.1) is 25.8 Å². The summed E-state index contributed by atoms with van der Waals surface area (Å²) in [5, 5.41) is 9.28. The molecule has 2 aromatic rings. The van der Waals surface area contributed by atoms with Crippen LogP contribution in [0.2, 0.25) is 0 Å². The Hall–Kier alpha value is -3.67. The minimum atomic E-state index is -4.81. The molecule has 1 saturated heterocycles. The molecule has 1 fully saturated rings. The Morgan fingerprint density at radius 2 is 1.84 bits per heavy atom. The Kier molecular flexibility index (Phi) is 6.11. The van der Waals surface area contributed by atoms with E-state index < -0.39 is 23.6 Å². The number of alkyl halides is 3. The standard InChI is InChI=1S/C22H19F3N2O4/c1-13-4-7-16(8-5-13)31-17-11-27(12-17)21(28)19-18(30-14(2)22(23,24)25)9-6-15(10-26)20(19)29-3/h4-9,17H,2,11-12H2,1,3H3. The van der Waals surface area contributed by atoms with Gasteiger partial charge in [-0.15, -0.1) is 0 Å². The number of amides is 1. The number of carbonyl (C=O) groups excluding carboxylic acids is 1. The van der Waals surface area contributed by atoms with Crippen LogP contribution in [0.4, 0.5) is 13.2 Å². The molecule has 0 aromatic heterocycles. The zero-order chi connectivity index (χ0) is 22.8. The molecule has 0 spiro atoms. The van der Waals surface area contributed by atoms with Crippen LogP contribution in [-0.2, 0) is 0 Å². The lowest BCUT2D eigenvalue weighted by atomic mass is 10.0. The van der Waals surface area contributed by atoms with Crippen LogP contribution in [0.25, 0.3) is 0 Å². The first-order chi connectivity index (χ1) is 14.6. The summed E-state index contributed by atoms with van der Waals surface area (Å²) in [7, 11) is 1.22. The summed E-state index contributed by atoms with van der Waals surface area (Å²) in [5.74, 6) is -2.04. The van der Waals surface area contributed by atoms with Crippen molar-refractivity contribution >= 4 is 5.91 Å². The van der Waals surface area contributed by atoms with E-state index in [-0.39, 0.29) is 36.1 Å². The molecule has 162 valence electrons. The number of benzene rings is 2. The van der Waals surface area contributed by atoms with Crippen LogP contribution in [0.3, 0.4) is 0 Å². The van der Waals surface area contributed by atoms with E-state index in [1.165, 1.54) is 18.1 Å². The van der Waals surface area contributed by atoms with E-state index in [1.807, 2.05) is 37.3 Å². The number of carbonyl (C=O) groups is 1. The Bertz CT molecular complexity index is 1040. The van der Waals surface area contributed by atoms with E-state index in [0.717, 1.165) is 11.6 Å². The molecule has 3 rings (SSSR count). The summed E-state index contributed by atoms with van der Waals surface area (Å²) in [6.07, 6.45) is -5.09. The predicted molar refractivity (Wildman–Crippen MR) is 105 cm³/mol. The maximum absolute atomic E-state index is 13.1. The second-order valence-corrected chi connectivity index (χ2v) is 6.92. The SMILES string of the molecule is C=C(Oc1ccc(C#N)c(OC)c1C(=O)N1CC(Oc2ccc(C)cc2)C1)C(F)(F)F. The van der Waals surface area contributed by atoms with Crippen LogP contribution in [0.15, 0.2) is 48.7 Å². The van der Waals surface area contributed by atoms with Crippen molar-refractivity contribution in [1.29, 1.82) is 5.26 Å². The molecular weight excluding hydrogens is 413 g/mol. The minimum absolute atomic E-state index is 0.0104. The number of halogens is 3. The van der Waals surface area contributed by atoms with E-state index in [0.29, 0.717) is 5.75 Å². The van der Waals surface area contributed by atoms with Crippen molar-refractivity contribution in [2.75, 3.05) is 20.2 Å². The summed E-state index contributed by atoms with van der Waals surface area (Å²) in [6.45, 7) is 5.24. The van der Waals surface area contributed by atoms with Crippen molar-refractivity contribution in [2.24, 2.45) is 0 Å². The quantitative estimate of drug-likeness (QED) is 0.639. The van der Waals surface area contributed by atoms with Crippen molar-refractivity contribution < 1.29 is 32.2 Å². The molecule has 0 N–H and O–H groups in total. The van der Waals surface area contributed by atoms with Gasteiger partial charge in [-0.2, -0.15) is 18.4 Å². The van der Waals surface area contributed by atoms with Gasteiger partial charge in [0.1, 0.15) is 29.2 Å². The molecule has 2 aromatic carbocycles. The van der Waals surface area contributed by atoms with Gasteiger partial charge >= 0.3 is 6.18 Å². The van der Waals surface area contributed by atoms with Crippen LogP contribution < -0.4 is 14.2 Å². The fourth-order valence-electron chi connectivity index (χ4n) is 2.99. The molecule has 0 atom stereocenters. The van der Waals surface area contributed by atoms with Gasteiger partial charge < -0.3 is 19.1 Å². The second-order valence-electron chi connectivity index (χ2n) is 6.92. The topological polar surface area (TPSA) is 71.8 Å². The number of rotatable bonds is 6. The number of hydrogen-bond acceptors (Lipinski definition) is 5. The fraction of sp³-hybridized carbons (Fsp3) is 0.273. The third-order valence-corrected chi connectivity index (χ3v) is 4.67. The molecule has 6 nitrogen and oxygen atoms in total. The molecule has 9 heteroatoms. The van der Waals surface area contributed by atoms with Crippen LogP contribution in [0, 0.1) is 18.3 Å². The van der Waals surface area contributed by atoms with Crippen molar-refractivity contribution in [3.05, 3.63) is 65.4 Å². The smallest absolute Gasteiger partial charge is 0.448 e. The number of methoxy groups -OCH3 is 1. The lowest BCUT2D eigenvalue weighted by Gasteiger charge is -2.39. The van der Waals surface area contributed by atoms with Gasteiger partial charge in [0.15, 0.2) is 5.75 Å². The first-order valence-electron chi connectivity index (χ1n) is 9.21. The van der Waals surface area contributed by atoms with Gasteiger partial charge in [-0.1, -0.05) is 24.3 Å². The highest BCUT2D eigenvalue weighted by Gasteiger charge is 2.39. The highest BCUT2D eigenvalue weighted by molar-refractivity contribution is 6.01. The number of nitrogens with zero attached hydrogens (tertiary/aromatic N) is 2. The molecule has 0 radical (unpaired) electrons. The summed E-state index contributed by atoms with van der Waals surface area (Å²) in [4.78, 5) is 14.4. The lowest BCUT2D eigenvalue weighted by Crippen LogP contribution is -2.56. The Morgan fingerprint density at radius 3 is 2.39 bits per heavy atom. The average Bonchev–Trinajstić information content (AvgIpc) is 2.70. The monoisotopic (exact) mass is 432 g/mol. The van der Waals surface area contributed by atoms with Gasteiger partial charge in [-0.25, -0.2) is 0 Å². The van der Waals surface area contributed by atoms with Crippen LogP contribution in [0.5, 0.6) is 17.2 Å². The van der Waals surface area contributed by atoms with Gasteiger partial charge in [-0.05, 0) is 31.2 Å². The fourth-order valence-corrected chi connectivity index (χ4v) is 2.99. The third-order valence-electron chi connectivity index (χ3n) is 4.67. The number of allylic oxidation sites excluding steroid dienone is 1. The van der Waals surface area contributed by atoms with E-state index in [1.54, 1.807) is 0 Å². The molecular formula is C22H19F3N2O4. The molecule has 1 heterocycles. The van der Waals surface area contributed by atoms with Crippen LogP contribution in [-0.4, -0.2) is 43.3 Å². The van der Waals surface area contributed by atoms with Crippen molar-refractivity contribution in [2.45, 2.75) is 19.2 Å². The maximum atomic E-state index is 13.1. The summed E-state index contributed by atoms with van der Waals surface area (Å²) < 4.78 is 54.5. The number of likely N-dealkylation sites (tertiary alicyclic amines) is 1. The molecule has 31 heavy (non-hydrogen) atoms. The van der Waals surface area contributed by atoms with Gasteiger partial charge in [0.2, 0.25) is 5.76 Å². The Morgan fingerprint density at radius 1 is 1.19 bits per heavy atom. The summed E-state index contributed by atoms with van der Waals surface area (Å²) >= 11 is 0. The zero-order valence-electron chi connectivity index (χ0n) is 16.8. The van der Waals surface area contributed by atoms with Crippen LogP contribution >= 0.6 is 0 Å². The number of aryl methyl sites for hydroxylation is 1. The summed E-state index contributed by atoms with van der Waals surface area (Å²) in [5.41, 5.74) is 0.791. The Labute approximate surface area is 177 Å². The summed E-state index contributed by atoms with van der Waals surface area (Å²) in [6, 6.07) is 11.6. The van der Waals surface area contributed by atoms with Gasteiger partial charge in [-0.3, -0.25) is 4.79 Å². The Balaban J connectivity index is 1.81. The second kappa shape index (κ2) is 8.60. The van der Waals surface area contributed by atoms with Crippen molar-refractivity contribution in [3.63, 3.8) is 0 Å². The maximum Gasteiger partial charge on any atom is 0.448 e. The molecule has 0 bridgehead atoms. The normalized spacial score (nSPS) is 13.7. The highest BCUT2D eigenvalue weighted by atomic mass is 19.4. The molecule has 1 amide bonds. The molecule has 1 aliphatic rings. The number of ether oxygens (including phenoxy) is 3. The zero-order valence-corrected chi connectivity index (χ0v) is 16.8. The van der Waals surface area contributed by atoms with Gasteiger partial charge in [0.25, 0.3) is 5.91 Å². The van der Waals surface area contributed by atoms with E-state index in [2.05, 4.69) is 6.58 Å². The van der Waals surface area contributed by atoms with Crippen LogP contribution in [0.1, 0.15) is 21.5 Å². The number of hydrogen-bond donors (Lipinski definition) is 0. The first-order valence-corrected chi connectivity index (χ1v) is 9.21. The third kappa shape index (κ3) is 4.74. The average molecular weight is 432 g/mol. The predicted octanol–water partition coefficient (Wildman–Crippen LogP) is 4.23. The van der Waals surface area contributed by atoms with E-state index in [9.17, 15) is 23.2 Å². The minimum Gasteiger partial charge on any atom is -0.494 e. The first kappa shape index (κ1) is 22.0. The molecule has 0 saturated carbocycles. The lowest BCUT2D eigenvalue weighted by molar-refractivity contribution is -0.115. The molecule has 0 aliphatic carbocycles. The van der Waals surface area contributed by atoms with Gasteiger partial charge in [0, 0.05) is 0 Å². The van der Waals surface area contributed by atoms with E-state index >= 15 is 0 Å². The van der Waals surface area contributed by atoms with Crippen molar-refractivity contribution in [1.82, 2.24) is 4.90 Å². The molecule has 1 aliphatic heterocycles. The van der Waals surface area contributed by atoms with Crippen molar-refractivity contribution in [3.8, 4) is 23.3 Å². The largest absolute Gasteiger partial charge is 0.494 e. The van der Waals surface area contributed by atoms with E-state index in [4.69, 9.17) is 14.2 Å². The number of nitriles is 1. The molecule has 0 unspecified atom stereocenters. The highest BCUT2D eigenvalue weighted by Crippen LogP contribution is 2.37.